The van der Waals surface area contributed by atoms with E-state index in [9.17, 15) is 9.90 Å². The van der Waals surface area contributed by atoms with Gasteiger partial charge in [0.25, 0.3) is 0 Å². The molecule has 1 N–H and O–H groups in total. The number of amides is 1. The van der Waals surface area contributed by atoms with E-state index in [0.29, 0.717) is 25.2 Å². The van der Waals surface area contributed by atoms with Crippen LogP contribution in [-0.2, 0) is 10.2 Å². The van der Waals surface area contributed by atoms with E-state index in [1.165, 1.54) is 11.1 Å². The molecule has 4 aliphatic carbocycles. The monoisotopic (exact) mass is 571 g/mol. The van der Waals surface area contributed by atoms with Gasteiger partial charge in [-0.3, -0.25) is 9.69 Å². The maximum Gasteiger partial charge on any atom is 0.231 e. The number of aromatic nitrogens is 2. The summed E-state index contributed by atoms with van der Waals surface area (Å²) in [5, 5.41) is 14.4. The van der Waals surface area contributed by atoms with Gasteiger partial charge in [-0.1, -0.05) is 31.1 Å². The van der Waals surface area contributed by atoms with E-state index in [2.05, 4.69) is 44.1 Å². The van der Waals surface area contributed by atoms with Crippen molar-refractivity contribution in [3.05, 3.63) is 59.5 Å². The smallest absolute Gasteiger partial charge is 0.231 e. The first-order valence-electron chi connectivity index (χ1n) is 15.8. The fourth-order valence-electron chi connectivity index (χ4n) is 7.71. The van der Waals surface area contributed by atoms with Gasteiger partial charge < -0.3 is 14.4 Å². The predicted octanol–water partition coefficient (Wildman–Crippen LogP) is 7.35. The van der Waals surface area contributed by atoms with Crippen LogP contribution in [0.15, 0.2) is 47.1 Å². The van der Waals surface area contributed by atoms with Crippen LogP contribution in [0.3, 0.4) is 0 Å². The quantitative estimate of drug-likeness (QED) is 0.304. The summed E-state index contributed by atoms with van der Waals surface area (Å²) in [5.41, 5.74) is 4.61. The number of pyridine rings is 1. The lowest BCUT2D eigenvalue weighted by molar-refractivity contribution is -0.124. The van der Waals surface area contributed by atoms with Crippen LogP contribution in [0, 0.1) is 18.3 Å². The highest BCUT2D eigenvalue weighted by atomic mass is 16.5. The van der Waals surface area contributed by atoms with E-state index < -0.39 is 0 Å². The third-order valence-electron chi connectivity index (χ3n) is 10.6. The molecule has 0 unspecified atom stereocenters. The molecule has 4 aliphatic rings. The van der Waals surface area contributed by atoms with E-state index in [0.717, 1.165) is 74.1 Å². The summed E-state index contributed by atoms with van der Waals surface area (Å²) in [7, 11) is 1.73. The number of nitrogens with zero attached hydrogens (tertiary/aromatic N) is 3. The zero-order valence-corrected chi connectivity index (χ0v) is 25.6. The maximum absolute atomic E-state index is 14.2. The molecule has 4 saturated carbocycles. The Labute approximate surface area is 249 Å². The molecule has 2 bridgehead atoms. The van der Waals surface area contributed by atoms with E-state index in [1.807, 2.05) is 23.1 Å². The molecule has 2 aromatic heterocycles. The number of aryl methyl sites for hydroxylation is 1. The Kier molecular flexibility index (Phi) is 7.90. The lowest BCUT2D eigenvalue weighted by Crippen LogP contribution is -2.52. The third kappa shape index (κ3) is 5.48. The van der Waals surface area contributed by atoms with E-state index in [4.69, 9.17) is 14.2 Å². The second-order valence-corrected chi connectivity index (χ2v) is 13.6. The van der Waals surface area contributed by atoms with Crippen molar-refractivity contribution in [3.8, 4) is 17.0 Å². The zero-order chi connectivity index (χ0) is 29.5. The van der Waals surface area contributed by atoms with E-state index >= 15 is 0 Å². The fourth-order valence-corrected chi connectivity index (χ4v) is 7.71. The number of hydrogen-bond acceptors (Lipinski definition) is 6. The average Bonchev–Trinajstić information content (AvgIpc) is 3.52. The SMILES string of the molecule is COc1ccc(C23CCC(CN(C(=O)C4CCC(O)CC4)c4cc(-c5cc(C(C)C)on5)ccn4)(CC2)CC3)cc1C. The Balaban J connectivity index is 1.27. The second kappa shape index (κ2) is 11.5. The van der Waals surface area contributed by atoms with Crippen LogP contribution in [0.1, 0.15) is 101 Å². The predicted molar refractivity (Wildman–Crippen MR) is 164 cm³/mol. The molecule has 0 atom stereocenters. The Morgan fingerprint density at radius 3 is 2.38 bits per heavy atom. The van der Waals surface area contributed by atoms with Gasteiger partial charge in [-0.2, -0.15) is 0 Å². The number of anilines is 1. The van der Waals surface area contributed by atoms with Gasteiger partial charge in [-0.05, 0) is 111 Å². The number of carbonyl (C=O) groups is 1. The van der Waals surface area contributed by atoms with Gasteiger partial charge >= 0.3 is 0 Å². The first-order valence-corrected chi connectivity index (χ1v) is 15.8. The zero-order valence-electron chi connectivity index (χ0n) is 25.6. The van der Waals surface area contributed by atoms with Crippen molar-refractivity contribution in [1.29, 1.82) is 0 Å². The van der Waals surface area contributed by atoms with Crippen LogP contribution in [0.2, 0.25) is 0 Å². The van der Waals surface area contributed by atoms with Crippen molar-refractivity contribution in [1.82, 2.24) is 10.1 Å². The van der Waals surface area contributed by atoms with Crippen molar-refractivity contribution in [2.24, 2.45) is 11.3 Å². The Morgan fingerprint density at radius 1 is 1.05 bits per heavy atom. The van der Waals surface area contributed by atoms with Crippen LogP contribution in [0.25, 0.3) is 11.3 Å². The van der Waals surface area contributed by atoms with Crippen molar-refractivity contribution in [2.45, 2.75) is 102 Å². The molecule has 0 radical (unpaired) electrons. The van der Waals surface area contributed by atoms with Crippen LogP contribution in [0.5, 0.6) is 5.75 Å². The van der Waals surface area contributed by atoms with E-state index in [1.54, 1.807) is 13.3 Å². The molecule has 7 nitrogen and oxygen atoms in total. The van der Waals surface area contributed by atoms with Crippen LogP contribution in [0.4, 0.5) is 5.82 Å². The fraction of sp³-hybridized carbons (Fsp3) is 0.571. The molecule has 4 fully saturated rings. The number of fused-ring (bicyclic) bond motifs is 3. The standard InChI is InChI=1S/C35H45N3O4/c1-23(2)31-21-29(37-42-31)26-11-18-36-32(20-26)38(33(40)25-5-8-28(39)9-6-25)22-34-12-15-35(16-13-34,17-14-34)27-7-10-30(41-4)24(3)19-27/h7,10-11,18-21,23,25,28,39H,5-6,8-9,12-17,22H2,1-4H3. The normalized spacial score (nSPS) is 27.3. The Hall–Kier alpha value is -3.19. The van der Waals surface area contributed by atoms with Gasteiger partial charge in [-0.15, -0.1) is 0 Å². The number of aliphatic hydroxyl groups is 1. The van der Waals surface area contributed by atoms with Crippen molar-refractivity contribution < 1.29 is 19.2 Å². The third-order valence-corrected chi connectivity index (χ3v) is 10.6. The van der Waals surface area contributed by atoms with E-state index in [-0.39, 0.29) is 34.7 Å². The minimum atomic E-state index is -0.295. The first-order chi connectivity index (χ1) is 20.2. The molecule has 1 amide bonds. The number of benzene rings is 1. The highest BCUT2D eigenvalue weighted by Gasteiger charge is 2.50. The topological polar surface area (TPSA) is 88.7 Å². The maximum atomic E-state index is 14.2. The van der Waals surface area contributed by atoms with Gasteiger partial charge in [0.05, 0.1) is 13.2 Å². The van der Waals surface area contributed by atoms with Gasteiger partial charge in [-0.25, -0.2) is 4.98 Å². The number of ether oxygens (including phenoxy) is 1. The number of methoxy groups -OCH3 is 1. The molecule has 7 rings (SSSR count). The van der Waals surface area contributed by atoms with Gasteiger partial charge in [0.2, 0.25) is 5.91 Å². The molecule has 2 heterocycles. The molecule has 0 saturated heterocycles. The lowest BCUT2D eigenvalue weighted by Gasteiger charge is -2.55. The molecule has 1 aromatic carbocycles. The number of carbonyl (C=O) groups excluding carboxylic acids is 1. The second-order valence-electron chi connectivity index (χ2n) is 13.6. The summed E-state index contributed by atoms with van der Waals surface area (Å²) >= 11 is 0. The van der Waals surface area contributed by atoms with Crippen molar-refractivity contribution in [2.75, 3.05) is 18.6 Å². The van der Waals surface area contributed by atoms with Crippen LogP contribution in [-0.4, -0.2) is 40.9 Å². The Bertz CT molecular complexity index is 1400. The minimum absolute atomic E-state index is 0.0802. The molecule has 42 heavy (non-hydrogen) atoms. The molecule has 3 aromatic rings. The molecule has 7 heteroatoms. The molecular formula is C35H45N3O4. The number of rotatable bonds is 8. The summed E-state index contributed by atoms with van der Waals surface area (Å²) in [6, 6.07) is 12.6. The average molecular weight is 572 g/mol. The molecule has 0 aliphatic heterocycles. The summed E-state index contributed by atoms with van der Waals surface area (Å²) in [4.78, 5) is 21.0. The molecule has 0 spiro atoms. The van der Waals surface area contributed by atoms with Crippen molar-refractivity contribution in [3.63, 3.8) is 0 Å². The number of hydrogen-bond donors (Lipinski definition) is 1. The highest BCUT2D eigenvalue weighted by molar-refractivity contribution is 5.94. The summed E-state index contributed by atoms with van der Waals surface area (Å²) < 4.78 is 11.1. The summed E-state index contributed by atoms with van der Waals surface area (Å²) in [5.74, 6) is 2.80. The lowest BCUT2D eigenvalue weighted by atomic mass is 9.51. The molecule has 224 valence electrons. The largest absolute Gasteiger partial charge is 0.496 e. The van der Waals surface area contributed by atoms with Crippen LogP contribution >= 0.6 is 0 Å². The van der Waals surface area contributed by atoms with Crippen LogP contribution < -0.4 is 9.64 Å². The first kappa shape index (κ1) is 28.9. The van der Waals surface area contributed by atoms with Gasteiger partial charge in [0, 0.05) is 36.2 Å². The minimum Gasteiger partial charge on any atom is -0.496 e. The van der Waals surface area contributed by atoms with Gasteiger partial charge in [0.15, 0.2) is 0 Å². The van der Waals surface area contributed by atoms with Gasteiger partial charge in [0.1, 0.15) is 23.0 Å². The highest BCUT2D eigenvalue weighted by Crippen LogP contribution is 2.58. The summed E-state index contributed by atoms with van der Waals surface area (Å²) in [6.45, 7) is 6.99. The van der Waals surface area contributed by atoms with Crippen molar-refractivity contribution >= 4 is 11.7 Å². The summed E-state index contributed by atoms with van der Waals surface area (Å²) in [6.07, 6.45) is 11.0. The molecular weight excluding hydrogens is 526 g/mol. The Morgan fingerprint density at radius 2 is 1.76 bits per heavy atom. The number of aliphatic hydroxyl groups excluding tert-OH is 1.